The summed E-state index contributed by atoms with van der Waals surface area (Å²) < 4.78 is 0. The molecule has 0 bridgehead atoms. The maximum Gasteiger partial charge on any atom is 0.240 e. The Morgan fingerprint density at radius 1 is 1.00 bits per heavy atom. The van der Waals surface area contributed by atoms with Crippen molar-refractivity contribution in [2.45, 2.75) is 38.4 Å². The summed E-state index contributed by atoms with van der Waals surface area (Å²) in [7, 11) is 0. The highest BCUT2D eigenvalue weighted by Gasteiger charge is 2.34. The summed E-state index contributed by atoms with van der Waals surface area (Å²) in [5, 5.41) is 19.3. The second-order valence-electron chi connectivity index (χ2n) is 7.25. The van der Waals surface area contributed by atoms with E-state index in [0.717, 1.165) is 37.9 Å². The van der Waals surface area contributed by atoms with Crippen molar-refractivity contribution < 1.29 is 15.0 Å². The van der Waals surface area contributed by atoms with Crippen LogP contribution in [-0.4, -0.2) is 45.1 Å². The minimum Gasteiger partial charge on any atom is -0.504 e. The van der Waals surface area contributed by atoms with Gasteiger partial charge in [-0.15, -0.1) is 0 Å². The number of rotatable bonds is 3. The first-order valence-corrected chi connectivity index (χ1v) is 9.22. The molecule has 1 amide bonds. The number of phenols is 2. The van der Waals surface area contributed by atoms with Crippen LogP contribution in [0.25, 0.3) is 0 Å². The number of amides is 1. The van der Waals surface area contributed by atoms with Crippen molar-refractivity contribution in [2.24, 2.45) is 0 Å². The van der Waals surface area contributed by atoms with E-state index >= 15 is 0 Å². The molecule has 2 heterocycles. The zero-order chi connectivity index (χ0) is 18.1. The minimum atomic E-state index is -0.182. The summed E-state index contributed by atoms with van der Waals surface area (Å²) >= 11 is 0. The molecular formula is C21H24N2O3. The Morgan fingerprint density at radius 2 is 1.73 bits per heavy atom. The molecule has 4 rings (SSSR count). The molecule has 1 unspecified atom stereocenters. The average molecular weight is 352 g/mol. The molecule has 2 aliphatic rings. The van der Waals surface area contributed by atoms with Crippen molar-refractivity contribution >= 4 is 5.91 Å². The van der Waals surface area contributed by atoms with Gasteiger partial charge in [0.25, 0.3) is 0 Å². The van der Waals surface area contributed by atoms with Crippen molar-refractivity contribution in [3.63, 3.8) is 0 Å². The van der Waals surface area contributed by atoms with Gasteiger partial charge in [0.2, 0.25) is 5.91 Å². The molecule has 136 valence electrons. The molecule has 2 aliphatic heterocycles. The molecule has 1 saturated heterocycles. The van der Waals surface area contributed by atoms with Crippen LogP contribution < -0.4 is 0 Å². The minimum absolute atomic E-state index is 0.123. The second-order valence-corrected chi connectivity index (χ2v) is 7.25. The number of benzene rings is 2. The molecule has 26 heavy (non-hydrogen) atoms. The van der Waals surface area contributed by atoms with Gasteiger partial charge in [-0.25, -0.2) is 0 Å². The van der Waals surface area contributed by atoms with Crippen molar-refractivity contribution in [2.75, 3.05) is 13.1 Å². The van der Waals surface area contributed by atoms with Crippen LogP contribution in [0.4, 0.5) is 0 Å². The predicted molar refractivity (Wildman–Crippen MR) is 98.8 cm³/mol. The molecule has 0 radical (unpaired) electrons. The van der Waals surface area contributed by atoms with Crippen LogP contribution in [0.1, 0.15) is 29.5 Å². The third-order valence-electron chi connectivity index (χ3n) is 5.47. The SMILES string of the molecule is O=C(C1Cc2ccccc2CN1Cc1ccc(O)c(O)c1)N1CCCC1. The number of hydrogen-bond donors (Lipinski definition) is 2. The smallest absolute Gasteiger partial charge is 0.240 e. The van der Waals surface area contributed by atoms with E-state index < -0.39 is 0 Å². The van der Waals surface area contributed by atoms with Gasteiger partial charge in [-0.1, -0.05) is 30.3 Å². The Hall–Kier alpha value is -2.53. The van der Waals surface area contributed by atoms with E-state index in [1.807, 2.05) is 17.0 Å². The first-order valence-electron chi connectivity index (χ1n) is 9.22. The van der Waals surface area contributed by atoms with Crippen molar-refractivity contribution in [3.05, 3.63) is 59.2 Å². The van der Waals surface area contributed by atoms with E-state index in [-0.39, 0.29) is 23.4 Å². The van der Waals surface area contributed by atoms with Gasteiger partial charge in [0.05, 0.1) is 6.04 Å². The topological polar surface area (TPSA) is 64.0 Å². The molecule has 5 nitrogen and oxygen atoms in total. The third-order valence-corrected chi connectivity index (χ3v) is 5.47. The van der Waals surface area contributed by atoms with E-state index in [4.69, 9.17) is 0 Å². The Balaban J connectivity index is 1.61. The molecule has 2 aromatic carbocycles. The molecule has 0 aliphatic carbocycles. The molecule has 0 aromatic heterocycles. The predicted octanol–water partition coefficient (Wildman–Crippen LogP) is 2.65. The number of aromatic hydroxyl groups is 2. The fraction of sp³-hybridized carbons (Fsp3) is 0.381. The highest BCUT2D eigenvalue weighted by molar-refractivity contribution is 5.83. The van der Waals surface area contributed by atoms with E-state index in [0.29, 0.717) is 13.1 Å². The van der Waals surface area contributed by atoms with Gasteiger partial charge in [0.1, 0.15) is 0 Å². The summed E-state index contributed by atoms with van der Waals surface area (Å²) in [5.41, 5.74) is 3.38. The zero-order valence-electron chi connectivity index (χ0n) is 14.8. The van der Waals surface area contributed by atoms with Gasteiger partial charge in [-0.3, -0.25) is 9.69 Å². The first-order chi connectivity index (χ1) is 12.6. The number of hydrogen-bond acceptors (Lipinski definition) is 4. The summed E-state index contributed by atoms with van der Waals surface area (Å²) in [4.78, 5) is 17.3. The quantitative estimate of drug-likeness (QED) is 0.834. The third kappa shape index (κ3) is 3.27. The van der Waals surface area contributed by atoms with Gasteiger partial charge in [-0.05, 0) is 48.1 Å². The standard InChI is InChI=1S/C21H24N2O3/c24-19-8-7-15(11-20(19)25)13-23-14-17-6-2-1-5-16(17)12-18(23)21(26)22-9-3-4-10-22/h1-2,5-8,11,18,24-25H,3-4,9-10,12-14H2. The van der Waals surface area contributed by atoms with E-state index in [1.54, 1.807) is 12.1 Å². The lowest BCUT2D eigenvalue weighted by Gasteiger charge is -2.38. The van der Waals surface area contributed by atoms with Gasteiger partial charge in [0.15, 0.2) is 11.5 Å². The fourth-order valence-electron chi connectivity index (χ4n) is 4.04. The van der Waals surface area contributed by atoms with Gasteiger partial charge in [-0.2, -0.15) is 0 Å². The Kier molecular flexibility index (Phi) is 4.55. The van der Waals surface area contributed by atoms with Crippen LogP contribution in [-0.2, 0) is 24.3 Å². The van der Waals surface area contributed by atoms with Crippen LogP contribution >= 0.6 is 0 Å². The normalized spacial score (nSPS) is 20.2. The molecule has 0 saturated carbocycles. The highest BCUT2D eigenvalue weighted by atomic mass is 16.3. The van der Waals surface area contributed by atoms with E-state index in [1.165, 1.54) is 17.2 Å². The number of nitrogens with zero attached hydrogens (tertiary/aromatic N) is 2. The lowest BCUT2D eigenvalue weighted by atomic mass is 9.92. The van der Waals surface area contributed by atoms with Crippen LogP contribution in [0.15, 0.2) is 42.5 Å². The number of likely N-dealkylation sites (tertiary alicyclic amines) is 1. The maximum atomic E-state index is 13.1. The Morgan fingerprint density at radius 3 is 2.46 bits per heavy atom. The van der Waals surface area contributed by atoms with Crippen LogP contribution in [0.2, 0.25) is 0 Å². The summed E-state index contributed by atoms with van der Waals surface area (Å²) in [6.07, 6.45) is 2.89. The number of fused-ring (bicyclic) bond motifs is 1. The largest absolute Gasteiger partial charge is 0.504 e. The molecular weight excluding hydrogens is 328 g/mol. The van der Waals surface area contributed by atoms with Crippen LogP contribution in [0.3, 0.4) is 0 Å². The van der Waals surface area contributed by atoms with Crippen LogP contribution in [0.5, 0.6) is 11.5 Å². The van der Waals surface area contributed by atoms with Gasteiger partial charge < -0.3 is 15.1 Å². The van der Waals surface area contributed by atoms with Gasteiger partial charge >= 0.3 is 0 Å². The monoisotopic (exact) mass is 352 g/mol. The summed E-state index contributed by atoms with van der Waals surface area (Å²) in [5.74, 6) is -0.0373. The number of carbonyl (C=O) groups excluding carboxylic acids is 1. The summed E-state index contributed by atoms with van der Waals surface area (Å²) in [6, 6.07) is 13.0. The molecule has 2 aromatic rings. The molecule has 2 N–H and O–H groups in total. The number of phenolic OH excluding ortho intramolecular Hbond substituents is 2. The van der Waals surface area contributed by atoms with Gasteiger partial charge in [0, 0.05) is 26.2 Å². The lowest BCUT2D eigenvalue weighted by Crippen LogP contribution is -2.50. The lowest BCUT2D eigenvalue weighted by molar-refractivity contribution is -0.136. The Labute approximate surface area is 153 Å². The molecule has 0 spiro atoms. The van der Waals surface area contributed by atoms with Crippen LogP contribution in [0, 0.1) is 0 Å². The molecule has 1 fully saturated rings. The molecule has 5 heteroatoms. The van der Waals surface area contributed by atoms with Crippen molar-refractivity contribution in [1.29, 1.82) is 0 Å². The maximum absolute atomic E-state index is 13.1. The fourth-order valence-corrected chi connectivity index (χ4v) is 4.04. The van der Waals surface area contributed by atoms with Crippen molar-refractivity contribution in [3.8, 4) is 11.5 Å². The van der Waals surface area contributed by atoms with Crippen molar-refractivity contribution in [1.82, 2.24) is 9.80 Å². The first kappa shape index (κ1) is 16.9. The second kappa shape index (κ2) is 7.00. The average Bonchev–Trinajstić information content (AvgIpc) is 3.18. The zero-order valence-corrected chi connectivity index (χ0v) is 14.8. The summed E-state index contributed by atoms with van der Waals surface area (Å²) in [6.45, 7) is 2.98. The molecule has 1 atom stereocenters. The van der Waals surface area contributed by atoms with E-state index in [2.05, 4.69) is 17.0 Å². The highest BCUT2D eigenvalue weighted by Crippen LogP contribution is 2.30. The number of carbonyl (C=O) groups is 1. The van der Waals surface area contributed by atoms with E-state index in [9.17, 15) is 15.0 Å². The Bertz CT molecular complexity index is 815.